The number of hydrogen-bond donors (Lipinski definition) is 11. The van der Waals surface area contributed by atoms with Crippen LogP contribution in [0.4, 0.5) is 22.7 Å². The van der Waals surface area contributed by atoms with Crippen molar-refractivity contribution in [2.24, 2.45) is 0 Å². The van der Waals surface area contributed by atoms with E-state index in [9.17, 15) is 51.6 Å². The zero-order chi connectivity index (χ0) is 50.8. The predicted molar refractivity (Wildman–Crippen MR) is 276 cm³/mol. The molecule has 1 saturated heterocycles. The number of carbonyl (C=O) groups excluding carboxylic acids is 3. The van der Waals surface area contributed by atoms with Crippen molar-refractivity contribution in [3.8, 4) is 22.5 Å². The molecule has 0 saturated carbocycles. The number of amides is 3. The molecule has 0 bridgehead atoms. The molecule has 1 aliphatic carbocycles. The molecule has 0 unspecified atom stereocenters. The second-order valence-electron chi connectivity index (χ2n) is 17.7. The summed E-state index contributed by atoms with van der Waals surface area (Å²) < 4.78 is 67.8. The second-order valence-corrected chi connectivity index (χ2v) is 21.7. The smallest absolute Gasteiger partial charge is 0.336 e. The van der Waals surface area contributed by atoms with Gasteiger partial charge in [0.25, 0.3) is 11.8 Å². The minimum absolute atomic E-state index is 0.00873. The summed E-state index contributed by atoms with van der Waals surface area (Å²) in [6, 6.07) is 16.4. The molecule has 3 aliphatic heterocycles. The van der Waals surface area contributed by atoms with Gasteiger partial charge in [-0.25, -0.2) is 4.79 Å². The van der Waals surface area contributed by atoms with Crippen molar-refractivity contribution in [1.82, 2.24) is 15.1 Å². The summed E-state index contributed by atoms with van der Waals surface area (Å²) in [4.78, 5) is 58.8. The summed E-state index contributed by atoms with van der Waals surface area (Å²) in [6.07, 6.45) is 8.10. The van der Waals surface area contributed by atoms with Gasteiger partial charge in [-0.1, -0.05) is 56.7 Å². The molecule has 1 aromatic heterocycles. The molecule has 4 aromatic rings. The summed E-state index contributed by atoms with van der Waals surface area (Å²) in [5.41, 5.74) is 7.34. The number of nitrogen functional groups attached to an aromatic ring is 1. The van der Waals surface area contributed by atoms with E-state index in [1.54, 1.807) is 4.90 Å². The third-order valence-electron chi connectivity index (χ3n) is 12.9. The minimum Gasteiger partial charge on any atom is -0.478 e. The van der Waals surface area contributed by atoms with Crippen molar-refractivity contribution < 1.29 is 56.0 Å². The Morgan fingerprint density at radius 1 is 0.803 bits per heavy atom. The van der Waals surface area contributed by atoms with Crippen LogP contribution in [0.15, 0.2) is 86.3 Å². The van der Waals surface area contributed by atoms with E-state index in [-0.39, 0.29) is 57.2 Å². The normalized spacial score (nSPS) is 15.0. The molecule has 12 N–H and O–H groups in total. The van der Waals surface area contributed by atoms with E-state index >= 15 is 0 Å². The summed E-state index contributed by atoms with van der Waals surface area (Å²) >= 11 is 1.47. The van der Waals surface area contributed by atoms with E-state index < -0.39 is 60.1 Å². The number of hydrogen-bond acceptors (Lipinski definition) is 16. The van der Waals surface area contributed by atoms with Gasteiger partial charge in [0.1, 0.15) is 31.5 Å². The number of nitrogens with zero attached hydrogens (tertiary/aromatic N) is 3. The minimum atomic E-state index is -4.65. The molecule has 19 nitrogen and oxygen atoms in total. The number of aryl methyl sites for hydroxylation is 1. The molecule has 0 radical (unpaired) electrons. The van der Waals surface area contributed by atoms with Crippen LogP contribution in [0.2, 0.25) is 0 Å². The lowest BCUT2D eigenvalue weighted by Gasteiger charge is -2.35. The number of unbranched alkanes of at least 4 members (excludes halogenated alkanes) is 7. The van der Waals surface area contributed by atoms with E-state index in [4.69, 9.17) is 15.6 Å². The van der Waals surface area contributed by atoms with Gasteiger partial charge < -0.3 is 58.1 Å². The Bertz CT molecular complexity index is 3030. The zero-order valence-electron chi connectivity index (χ0n) is 38.9. The van der Waals surface area contributed by atoms with Crippen molar-refractivity contribution in [2.75, 3.05) is 61.8 Å². The Balaban J connectivity index is 0.782. The number of benzene rings is 4. The molecule has 8 rings (SSSR count). The first-order chi connectivity index (χ1) is 33.8. The molecule has 3 aromatic carbocycles. The molecular formula is C49H57N7O12S3. The number of aromatic carboxylic acids is 1. The quantitative estimate of drug-likeness (QED) is 0.0217. The van der Waals surface area contributed by atoms with Gasteiger partial charge in [-0.05, 0) is 80.4 Å². The molecule has 0 atom stereocenters. The number of piperazine rings is 1. The molecule has 3 amide bonds. The Morgan fingerprint density at radius 2 is 1.45 bits per heavy atom. The van der Waals surface area contributed by atoms with Crippen LogP contribution in [-0.2, 0) is 4.79 Å². The number of nitrogens with one attached hydrogen (secondary N) is 3. The van der Waals surface area contributed by atoms with Crippen LogP contribution in [0.1, 0.15) is 87.3 Å². The maximum atomic E-state index is 13.9. The van der Waals surface area contributed by atoms with E-state index in [1.807, 2.05) is 36.6 Å². The number of anilines is 4. The van der Waals surface area contributed by atoms with Crippen molar-refractivity contribution in [3.05, 3.63) is 99.0 Å². The fourth-order valence-corrected chi connectivity index (χ4v) is 11.8. The number of thiophene rings is 1. The van der Waals surface area contributed by atoms with Crippen molar-refractivity contribution in [2.45, 2.75) is 68.1 Å². The Labute approximate surface area is 416 Å². The summed E-state index contributed by atoms with van der Waals surface area (Å²) in [6.45, 7) is 6.93. The van der Waals surface area contributed by atoms with Crippen molar-refractivity contribution in [3.63, 3.8) is 0 Å². The Kier molecular flexibility index (Phi) is 15.5. The van der Waals surface area contributed by atoms with E-state index in [0.717, 1.165) is 95.0 Å². The second kappa shape index (κ2) is 21.4. The summed E-state index contributed by atoms with van der Waals surface area (Å²) in [5.74, 6) is -2.73. The molecule has 71 heavy (non-hydrogen) atoms. The average Bonchev–Trinajstić information content (AvgIpc) is 3.64. The molecule has 0 spiro atoms. The fraction of sp³-hybridized carbons (Fsp3) is 0.327. The van der Waals surface area contributed by atoms with E-state index in [0.29, 0.717) is 29.2 Å². The topological polar surface area (TPSA) is 307 Å². The van der Waals surface area contributed by atoms with Crippen molar-refractivity contribution >= 4 is 90.5 Å². The summed E-state index contributed by atoms with van der Waals surface area (Å²) in [7, 11) is -9.26. The lowest BCUT2D eigenvalue weighted by Crippen LogP contribution is -2.49. The number of fused-ring (bicyclic) bond motifs is 4. The van der Waals surface area contributed by atoms with Gasteiger partial charge in [-0.2, -0.15) is 0 Å². The largest absolute Gasteiger partial charge is 0.478 e. The van der Waals surface area contributed by atoms with Gasteiger partial charge in [0.05, 0.1) is 45.8 Å². The van der Waals surface area contributed by atoms with Crippen LogP contribution in [0.3, 0.4) is 0 Å². The molecule has 4 heterocycles. The SMILES string of the molecule is Cc1scc2c1N(C(=O)CN1CCN(CCCCCCCCCCNC(=O)c3ccc(-c4c5ccc(=N)c(S(O)(O)O)c-5oc5c(S(O)(O)O)c(N)ccc45)c(C(=O)O)c3)CC1)c1ccccc1NC2=O. The average molecular weight is 1030 g/mol. The highest BCUT2D eigenvalue weighted by molar-refractivity contribution is 8.19. The Hall–Kier alpha value is -5.89. The molecular weight excluding hydrogens is 975 g/mol. The first-order valence-electron chi connectivity index (χ1n) is 23.1. The number of para-hydroxylation sites is 2. The summed E-state index contributed by atoms with van der Waals surface area (Å²) in [5, 5.41) is 25.8. The maximum absolute atomic E-state index is 13.9. The number of carboxylic acid groups (broad SMARTS) is 1. The van der Waals surface area contributed by atoms with Crippen LogP contribution < -0.4 is 26.6 Å². The monoisotopic (exact) mass is 1030 g/mol. The molecule has 22 heteroatoms. The standard InChI is InChI=1S/C49H57N7O12S3/c1-29-42-35(28-69-29)48(59)53-38-12-8-9-13-39(38)56(42)40(57)27-55-24-22-54(23-25-55)21-11-7-5-3-2-4-6-10-20-52-47(58)30-14-15-31(34(26-30)49(60)61)41-32-16-18-36(50)45(70(62,63)64)43(32)68-44-33(41)17-19-37(51)46(44)71(65,66)67/h8-9,12-19,26,28,50,62-67H,2-7,10-11,20-25,27,51H2,1H3,(H,52,58)(H,53,59)(H,60,61). The van der Waals surface area contributed by atoms with Gasteiger partial charge in [0, 0.05) is 65.1 Å². The van der Waals surface area contributed by atoms with Crippen LogP contribution >= 0.6 is 33.1 Å². The lowest BCUT2D eigenvalue weighted by molar-refractivity contribution is -0.119. The number of nitrogens with two attached hydrogens (primary N) is 1. The van der Waals surface area contributed by atoms with Gasteiger partial charge in [-0.15, -0.1) is 11.3 Å². The number of rotatable bonds is 18. The van der Waals surface area contributed by atoms with Gasteiger partial charge in [-0.3, -0.25) is 29.6 Å². The van der Waals surface area contributed by atoms with Gasteiger partial charge in [0.15, 0.2) is 11.3 Å². The van der Waals surface area contributed by atoms with Crippen molar-refractivity contribution in [1.29, 1.82) is 5.41 Å². The van der Waals surface area contributed by atoms with Crippen LogP contribution in [0.25, 0.3) is 33.4 Å². The highest BCUT2D eigenvalue weighted by Gasteiger charge is 2.35. The van der Waals surface area contributed by atoms with Crippen LogP contribution in [0.5, 0.6) is 0 Å². The Morgan fingerprint density at radius 3 is 2.14 bits per heavy atom. The van der Waals surface area contributed by atoms with Crippen LogP contribution in [-0.4, -0.2) is 112 Å². The van der Waals surface area contributed by atoms with Gasteiger partial charge >= 0.3 is 5.97 Å². The maximum Gasteiger partial charge on any atom is 0.336 e. The zero-order valence-corrected chi connectivity index (χ0v) is 41.3. The first kappa shape index (κ1) is 51.5. The highest BCUT2D eigenvalue weighted by atomic mass is 32.3. The van der Waals surface area contributed by atoms with E-state index in [1.165, 1.54) is 47.7 Å². The lowest BCUT2D eigenvalue weighted by atomic mass is 9.89. The highest BCUT2D eigenvalue weighted by Crippen LogP contribution is 2.56. The molecule has 378 valence electrons. The third kappa shape index (κ3) is 11.1. The number of carbonyl (C=O) groups is 4. The fourth-order valence-electron chi connectivity index (χ4n) is 9.40. The molecule has 4 aliphatic rings. The predicted octanol–water partition coefficient (Wildman–Crippen LogP) is 9.90. The van der Waals surface area contributed by atoms with Gasteiger partial charge in [0.2, 0.25) is 5.91 Å². The van der Waals surface area contributed by atoms with E-state index in [2.05, 4.69) is 20.4 Å². The molecule has 1 fully saturated rings. The number of carboxylic acids is 1. The third-order valence-corrected chi connectivity index (χ3v) is 15.7. The van der Waals surface area contributed by atoms with Crippen LogP contribution in [0, 0.1) is 12.3 Å². The first-order valence-corrected chi connectivity index (χ1v) is 27.0.